The summed E-state index contributed by atoms with van der Waals surface area (Å²) in [7, 11) is 0. The first-order valence-corrected chi connectivity index (χ1v) is 9.23. The molecule has 0 fully saturated rings. The smallest absolute Gasteiger partial charge is 0.418 e. The van der Waals surface area contributed by atoms with Crippen molar-refractivity contribution in [1.82, 2.24) is 9.55 Å². The number of nitrogens with zero attached hydrogens (tertiary/aromatic N) is 3. The van der Waals surface area contributed by atoms with Crippen molar-refractivity contribution in [3.05, 3.63) is 74.3 Å². The van der Waals surface area contributed by atoms with Crippen molar-refractivity contribution in [2.75, 3.05) is 11.9 Å². The van der Waals surface area contributed by atoms with E-state index in [1.54, 1.807) is 19.1 Å². The highest BCUT2D eigenvalue weighted by atomic mass is 19.4. The van der Waals surface area contributed by atoms with Crippen molar-refractivity contribution in [2.24, 2.45) is 0 Å². The molecular formula is C20H15F3N4O6. The number of carbonyl (C=O) groups excluding carboxylic acids is 2. The number of nitro benzene ring substituents is 1. The maximum atomic E-state index is 13.2. The maximum Gasteiger partial charge on any atom is 0.418 e. The monoisotopic (exact) mass is 464 g/mol. The number of halogens is 3. The number of esters is 1. The minimum atomic E-state index is -4.98. The van der Waals surface area contributed by atoms with Gasteiger partial charge in [0, 0.05) is 12.1 Å². The number of para-hydroxylation sites is 1. The second kappa shape index (κ2) is 9.06. The van der Waals surface area contributed by atoms with Gasteiger partial charge in [0.2, 0.25) is 0 Å². The van der Waals surface area contributed by atoms with E-state index in [0.29, 0.717) is 5.52 Å². The lowest BCUT2D eigenvalue weighted by molar-refractivity contribution is -0.385. The summed E-state index contributed by atoms with van der Waals surface area (Å²) < 4.78 is 45.2. The SMILES string of the molecule is Cc1cccc2c(=O)n(CC(=O)OCC(=O)Nc3ccc([N+](=O)[O-])cc3C(F)(F)F)cnc12. The van der Waals surface area contributed by atoms with Gasteiger partial charge in [-0.1, -0.05) is 12.1 Å². The predicted molar refractivity (Wildman–Crippen MR) is 108 cm³/mol. The molecule has 0 atom stereocenters. The van der Waals surface area contributed by atoms with E-state index in [0.717, 1.165) is 28.6 Å². The Morgan fingerprint density at radius 1 is 1.24 bits per heavy atom. The van der Waals surface area contributed by atoms with Gasteiger partial charge in [0.25, 0.3) is 17.2 Å². The number of amides is 1. The van der Waals surface area contributed by atoms with Gasteiger partial charge in [-0.15, -0.1) is 0 Å². The van der Waals surface area contributed by atoms with E-state index < -0.39 is 58.6 Å². The molecule has 0 bridgehead atoms. The molecule has 0 saturated carbocycles. The first-order valence-electron chi connectivity index (χ1n) is 9.23. The van der Waals surface area contributed by atoms with Crippen LogP contribution in [0.25, 0.3) is 10.9 Å². The summed E-state index contributed by atoms with van der Waals surface area (Å²) in [6.07, 6.45) is -3.83. The number of aryl methyl sites for hydroxylation is 1. The Kier molecular flexibility index (Phi) is 6.42. The van der Waals surface area contributed by atoms with Gasteiger partial charge in [0.1, 0.15) is 6.54 Å². The van der Waals surface area contributed by atoms with Crippen LogP contribution in [0.5, 0.6) is 0 Å². The molecule has 172 valence electrons. The predicted octanol–water partition coefficient (Wildman–Crippen LogP) is 2.81. The molecule has 2 aromatic carbocycles. The number of nitrogens with one attached hydrogen (secondary N) is 1. The number of hydrogen-bond donors (Lipinski definition) is 1. The largest absolute Gasteiger partial charge is 0.454 e. The summed E-state index contributed by atoms with van der Waals surface area (Å²) in [5.41, 5.74) is -2.25. The number of rotatable bonds is 6. The molecule has 10 nitrogen and oxygen atoms in total. The summed E-state index contributed by atoms with van der Waals surface area (Å²) >= 11 is 0. The van der Waals surface area contributed by atoms with Crippen LogP contribution >= 0.6 is 0 Å². The van der Waals surface area contributed by atoms with Crippen LogP contribution < -0.4 is 10.9 Å². The molecule has 1 amide bonds. The molecule has 33 heavy (non-hydrogen) atoms. The second-order valence-electron chi connectivity index (χ2n) is 6.84. The maximum absolute atomic E-state index is 13.2. The Morgan fingerprint density at radius 3 is 2.64 bits per heavy atom. The molecule has 3 aromatic rings. The van der Waals surface area contributed by atoms with Crippen molar-refractivity contribution >= 4 is 34.2 Å². The van der Waals surface area contributed by atoms with Crippen LogP contribution in [-0.4, -0.2) is 33.0 Å². The minimum absolute atomic E-state index is 0.279. The molecule has 0 unspecified atom stereocenters. The number of benzene rings is 2. The number of ether oxygens (including phenoxy) is 1. The second-order valence-corrected chi connectivity index (χ2v) is 6.84. The van der Waals surface area contributed by atoms with Gasteiger partial charge in [0.05, 0.1) is 33.4 Å². The van der Waals surface area contributed by atoms with Crippen LogP contribution in [-0.2, 0) is 27.0 Å². The van der Waals surface area contributed by atoms with E-state index in [1.165, 1.54) is 6.07 Å². The van der Waals surface area contributed by atoms with E-state index in [9.17, 15) is 37.7 Å². The summed E-state index contributed by atoms with van der Waals surface area (Å²) in [6.45, 7) is 0.247. The van der Waals surface area contributed by atoms with E-state index in [2.05, 4.69) is 4.98 Å². The van der Waals surface area contributed by atoms with Crippen molar-refractivity contribution in [1.29, 1.82) is 0 Å². The van der Waals surface area contributed by atoms with E-state index in [-0.39, 0.29) is 11.5 Å². The lowest BCUT2D eigenvalue weighted by atomic mass is 10.1. The van der Waals surface area contributed by atoms with Crippen molar-refractivity contribution in [3.8, 4) is 0 Å². The standard InChI is InChI=1S/C20H15F3N4O6/c1-11-3-2-4-13-18(11)24-10-26(19(13)30)8-17(29)33-9-16(28)25-15-6-5-12(27(31)32)7-14(15)20(21,22)23/h2-7,10H,8-9H2,1H3,(H,25,28). The number of aromatic nitrogens is 2. The lowest BCUT2D eigenvalue weighted by Crippen LogP contribution is -2.28. The number of alkyl halides is 3. The third-order valence-electron chi connectivity index (χ3n) is 4.51. The highest BCUT2D eigenvalue weighted by molar-refractivity contribution is 5.93. The lowest BCUT2D eigenvalue weighted by Gasteiger charge is -2.14. The Morgan fingerprint density at radius 2 is 1.97 bits per heavy atom. The zero-order chi connectivity index (χ0) is 24.3. The van der Waals surface area contributed by atoms with Gasteiger partial charge in [-0.2, -0.15) is 13.2 Å². The highest BCUT2D eigenvalue weighted by Crippen LogP contribution is 2.37. The summed E-state index contributed by atoms with van der Waals surface area (Å²) in [5, 5.41) is 12.9. The molecule has 1 aromatic heterocycles. The molecule has 0 radical (unpaired) electrons. The average Bonchev–Trinajstić information content (AvgIpc) is 2.74. The van der Waals surface area contributed by atoms with Gasteiger partial charge in [0.15, 0.2) is 6.61 Å². The Balaban J connectivity index is 1.67. The molecule has 0 saturated heterocycles. The van der Waals surface area contributed by atoms with E-state index in [4.69, 9.17) is 4.74 Å². The molecule has 0 aliphatic rings. The van der Waals surface area contributed by atoms with Gasteiger partial charge in [-0.25, -0.2) is 4.98 Å². The number of hydrogen-bond acceptors (Lipinski definition) is 7. The third kappa shape index (κ3) is 5.31. The highest BCUT2D eigenvalue weighted by Gasteiger charge is 2.35. The molecule has 1 N–H and O–H groups in total. The quantitative estimate of drug-likeness (QED) is 0.337. The van der Waals surface area contributed by atoms with Crippen molar-refractivity contribution < 1.29 is 32.4 Å². The molecular weight excluding hydrogens is 449 g/mol. The Labute approximate surface area is 182 Å². The number of nitro groups is 1. The molecule has 1 heterocycles. The normalized spacial score (nSPS) is 11.3. The fourth-order valence-electron chi connectivity index (χ4n) is 2.96. The minimum Gasteiger partial charge on any atom is -0.454 e. The zero-order valence-electron chi connectivity index (χ0n) is 16.9. The van der Waals surface area contributed by atoms with Crippen molar-refractivity contribution in [2.45, 2.75) is 19.6 Å². The number of carbonyl (C=O) groups is 2. The van der Waals surface area contributed by atoms with E-state index in [1.807, 2.05) is 5.32 Å². The van der Waals surface area contributed by atoms with E-state index >= 15 is 0 Å². The van der Waals surface area contributed by atoms with Crippen molar-refractivity contribution in [3.63, 3.8) is 0 Å². The van der Waals surface area contributed by atoms with Crippen LogP contribution in [0, 0.1) is 17.0 Å². The van der Waals surface area contributed by atoms with Crippen LogP contribution in [0.3, 0.4) is 0 Å². The van der Waals surface area contributed by atoms with Gasteiger partial charge in [-0.3, -0.25) is 29.1 Å². The average molecular weight is 464 g/mol. The third-order valence-corrected chi connectivity index (χ3v) is 4.51. The van der Waals surface area contributed by atoms with Crippen LogP contribution in [0.4, 0.5) is 24.5 Å². The number of fused-ring (bicyclic) bond motifs is 1. The van der Waals surface area contributed by atoms with Crippen LogP contribution in [0.2, 0.25) is 0 Å². The summed E-state index contributed by atoms with van der Waals surface area (Å²) in [4.78, 5) is 50.3. The van der Waals surface area contributed by atoms with Gasteiger partial charge in [-0.05, 0) is 24.6 Å². The van der Waals surface area contributed by atoms with Crippen LogP contribution in [0.15, 0.2) is 47.5 Å². The van der Waals surface area contributed by atoms with Crippen LogP contribution in [0.1, 0.15) is 11.1 Å². The fraction of sp³-hybridized carbons (Fsp3) is 0.200. The first-order chi connectivity index (χ1) is 15.5. The molecule has 0 aliphatic carbocycles. The molecule has 0 spiro atoms. The number of non-ortho nitro benzene ring substituents is 1. The Hall–Kier alpha value is -4.29. The molecule has 0 aliphatic heterocycles. The fourth-order valence-corrected chi connectivity index (χ4v) is 2.96. The number of anilines is 1. The topological polar surface area (TPSA) is 133 Å². The van der Waals surface area contributed by atoms with Gasteiger partial charge >= 0.3 is 12.1 Å². The Bertz CT molecular complexity index is 1320. The molecule has 3 rings (SSSR count). The molecule has 13 heteroatoms. The first kappa shape index (κ1) is 23.4. The summed E-state index contributed by atoms with van der Waals surface area (Å²) in [5.74, 6) is -2.11. The zero-order valence-corrected chi connectivity index (χ0v) is 16.9. The van der Waals surface area contributed by atoms with Gasteiger partial charge < -0.3 is 10.1 Å². The summed E-state index contributed by atoms with van der Waals surface area (Å²) in [6, 6.07) is 6.75.